The third-order valence-corrected chi connectivity index (χ3v) is 10.8. The monoisotopic (exact) mass is 644 g/mol. The van der Waals surface area contributed by atoms with Crippen LogP contribution in [0.25, 0.3) is 43.7 Å². The Labute approximate surface area is 286 Å². The highest BCUT2D eigenvalue weighted by Gasteiger charge is 2.45. The van der Waals surface area contributed by atoms with Gasteiger partial charge in [0.05, 0.1) is 5.75 Å². The van der Waals surface area contributed by atoms with Crippen LogP contribution in [0.15, 0.2) is 121 Å². The van der Waals surface area contributed by atoms with Gasteiger partial charge in [0.25, 0.3) is 0 Å². The van der Waals surface area contributed by atoms with Crippen LogP contribution in [0.2, 0.25) is 0 Å². The third kappa shape index (κ3) is 6.22. The van der Waals surface area contributed by atoms with Gasteiger partial charge in [-0.2, -0.15) is 0 Å². The van der Waals surface area contributed by atoms with Crippen LogP contribution in [0.1, 0.15) is 55.0 Å². The Kier molecular flexibility index (Phi) is 8.45. The standard InChI is InChI=1S/C22H22O.2C10H9NO.Al/c23-22-11-5-9-20-19(8-4-10-21(20)22)18-14-12-17(13-15-18)16-6-2-1-3-7-16;2*1-7-5-6-8-3-2-4-9(12)10(8)11-7;/h4-5,8-16,23H,1-3,6-7H2;2*2-6,12H,1H3;/q;;;+3/p-3. The average Bonchev–Trinajstić information content (AvgIpc) is 3.12. The van der Waals surface area contributed by atoms with Crippen molar-refractivity contribution < 1.29 is 11.4 Å². The fourth-order valence-corrected chi connectivity index (χ4v) is 8.37. The summed E-state index contributed by atoms with van der Waals surface area (Å²) in [6.07, 6.45) is 6.64. The van der Waals surface area contributed by atoms with E-state index in [1.165, 1.54) is 48.8 Å². The Morgan fingerprint density at radius 2 is 1.06 bits per heavy atom. The highest BCUT2D eigenvalue weighted by atomic mass is 27.3. The molecule has 1 aliphatic rings. The van der Waals surface area contributed by atoms with Gasteiger partial charge in [-0.3, -0.25) is 0 Å². The minimum atomic E-state index is -2.96. The van der Waals surface area contributed by atoms with Crippen LogP contribution >= 0.6 is 0 Å². The predicted octanol–water partition coefficient (Wildman–Crippen LogP) is 10.8. The van der Waals surface area contributed by atoms with E-state index >= 15 is 0 Å². The largest absolute Gasteiger partial charge is 1.20 e. The van der Waals surface area contributed by atoms with Gasteiger partial charge in [-0.25, -0.2) is 9.97 Å². The Morgan fingerprint density at radius 3 is 1.71 bits per heavy atom. The second-order valence-electron chi connectivity index (χ2n) is 12.8. The Hall–Kier alpha value is -4.89. The van der Waals surface area contributed by atoms with Crippen molar-refractivity contribution in [1.29, 1.82) is 0 Å². The van der Waals surface area contributed by atoms with Crippen LogP contribution < -0.4 is 11.4 Å². The second-order valence-corrected chi connectivity index (χ2v) is 14.1. The lowest BCUT2D eigenvalue weighted by atomic mass is 9.83. The van der Waals surface area contributed by atoms with E-state index in [4.69, 9.17) is 21.3 Å². The summed E-state index contributed by atoms with van der Waals surface area (Å²) in [5.41, 5.74) is 7.24. The number of fused-ring (bicyclic) bond motifs is 3. The van der Waals surface area contributed by atoms with Gasteiger partial charge in [-0.15, -0.1) is 0 Å². The lowest BCUT2D eigenvalue weighted by molar-refractivity contribution is 0.311. The van der Waals surface area contributed by atoms with Crippen LogP contribution in [-0.4, -0.2) is 25.1 Å². The summed E-state index contributed by atoms with van der Waals surface area (Å²) in [7, 11) is 0. The number of nitrogens with zero attached hydrogens (tertiary/aromatic N) is 2. The van der Waals surface area contributed by atoms with Crippen molar-refractivity contribution in [3.8, 4) is 28.4 Å². The molecule has 0 unspecified atom stereocenters. The molecule has 1 saturated carbocycles. The number of para-hydroxylation sites is 2. The summed E-state index contributed by atoms with van der Waals surface area (Å²) in [6, 6.07) is 41.9. The topological polar surface area (TPSA) is 53.5 Å². The van der Waals surface area contributed by atoms with Crippen molar-refractivity contribution in [2.75, 3.05) is 0 Å². The summed E-state index contributed by atoms with van der Waals surface area (Å²) in [5, 5.41) is 4.13. The lowest BCUT2D eigenvalue weighted by Crippen LogP contribution is -2.37. The van der Waals surface area contributed by atoms with Crippen molar-refractivity contribution in [2.45, 2.75) is 51.9 Å². The van der Waals surface area contributed by atoms with Crippen molar-refractivity contribution in [2.24, 2.45) is 0 Å². The predicted molar refractivity (Wildman–Crippen MR) is 196 cm³/mol. The van der Waals surface area contributed by atoms with Gasteiger partial charge in [-0.05, 0) is 85.0 Å². The van der Waals surface area contributed by atoms with Crippen molar-refractivity contribution in [3.63, 3.8) is 0 Å². The summed E-state index contributed by atoms with van der Waals surface area (Å²) >= 11 is -2.96. The first-order chi connectivity index (χ1) is 23.6. The van der Waals surface area contributed by atoms with Gasteiger partial charge in [0.15, 0.2) is 0 Å². The molecule has 2 aromatic heterocycles. The van der Waals surface area contributed by atoms with E-state index in [2.05, 4.69) is 66.7 Å². The van der Waals surface area contributed by atoms with Crippen LogP contribution in [-0.2, 0) is 0 Å². The Balaban J connectivity index is 1.17. The summed E-state index contributed by atoms with van der Waals surface area (Å²) in [4.78, 5) is 9.62. The van der Waals surface area contributed by atoms with Crippen LogP contribution in [0.5, 0.6) is 17.2 Å². The molecule has 7 aromatic rings. The van der Waals surface area contributed by atoms with Crippen molar-refractivity contribution >= 4 is 47.7 Å². The van der Waals surface area contributed by atoms with Gasteiger partial charge in [0.1, 0.15) is 22.5 Å². The Morgan fingerprint density at radius 1 is 0.521 bits per heavy atom. The average molecular weight is 645 g/mol. The molecule has 1 aliphatic carbocycles. The maximum Gasteiger partial charge on any atom is 1.20 e. The van der Waals surface area contributed by atoms with E-state index in [0.29, 0.717) is 17.4 Å². The molecule has 0 bridgehead atoms. The maximum absolute atomic E-state index is 6.82. The first-order valence-corrected chi connectivity index (χ1v) is 18.4. The fraction of sp³-hybridized carbons (Fsp3) is 0.190. The maximum atomic E-state index is 6.82. The molecule has 5 nitrogen and oxygen atoms in total. The third-order valence-electron chi connectivity index (χ3n) is 9.49. The van der Waals surface area contributed by atoms with E-state index in [9.17, 15) is 0 Å². The zero-order chi connectivity index (χ0) is 32.5. The molecule has 236 valence electrons. The molecular weight excluding hydrogens is 607 g/mol. The molecule has 6 heteroatoms. The van der Waals surface area contributed by atoms with Crippen molar-refractivity contribution in [3.05, 3.63) is 138 Å². The fourth-order valence-electron chi connectivity index (χ4n) is 7.01. The van der Waals surface area contributed by atoms with Crippen LogP contribution in [0.4, 0.5) is 0 Å². The minimum absolute atomic E-state index is 0.635. The van der Waals surface area contributed by atoms with Crippen LogP contribution in [0.3, 0.4) is 0 Å². The summed E-state index contributed by atoms with van der Waals surface area (Å²) in [6.45, 7) is 3.97. The number of aryl methyl sites for hydroxylation is 2. The molecule has 0 atom stereocenters. The number of rotatable bonds is 8. The normalized spacial score (nSPS) is 13.5. The smallest absolute Gasteiger partial charge is 0.577 e. The molecule has 0 amide bonds. The summed E-state index contributed by atoms with van der Waals surface area (Å²) < 4.78 is 20.2. The Bertz CT molecular complexity index is 2160. The number of aromatic nitrogens is 2. The van der Waals surface area contributed by atoms with Crippen molar-refractivity contribution in [1.82, 2.24) is 9.97 Å². The van der Waals surface area contributed by atoms with E-state index < -0.39 is 15.1 Å². The zero-order valence-corrected chi connectivity index (χ0v) is 28.5. The molecule has 2 heterocycles. The molecule has 8 rings (SSSR count). The minimum Gasteiger partial charge on any atom is -0.577 e. The number of benzene rings is 5. The van der Waals surface area contributed by atoms with Gasteiger partial charge in [0, 0.05) is 27.5 Å². The number of hydrogen-bond acceptors (Lipinski definition) is 5. The number of pyridine rings is 2. The van der Waals surface area contributed by atoms with Gasteiger partial charge >= 0.3 is 15.1 Å². The molecule has 0 N–H and O–H groups in total. The van der Waals surface area contributed by atoms with Crippen LogP contribution in [0, 0.1) is 13.8 Å². The van der Waals surface area contributed by atoms with Gasteiger partial charge in [-0.1, -0.05) is 110 Å². The van der Waals surface area contributed by atoms with E-state index in [0.717, 1.165) is 49.7 Å². The highest BCUT2D eigenvalue weighted by molar-refractivity contribution is 6.40. The molecule has 1 fully saturated rings. The summed E-state index contributed by atoms with van der Waals surface area (Å²) in [5.74, 6) is 2.68. The number of hydrogen-bond donors (Lipinski definition) is 0. The molecule has 0 saturated heterocycles. The lowest BCUT2D eigenvalue weighted by Gasteiger charge is -2.22. The molecule has 48 heavy (non-hydrogen) atoms. The second kappa shape index (κ2) is 13.3. The van der Waals surface area contributed by atoms with Gasteiger partial charge in [0.2, 0.25) is 0 Å². The molecule has 0 aliphatic heterocycles. The zero-order valence-electron chi connectivity index (χ0n) is 27.4. The SMILES string of the molecule is Cc1ccc2cccc([O][Al]([O]c3cccc4c(-c5ccc(C6CCCCC6)cc5)cccc34)[O]c3cccc4ccc(C)nc34)c2n1. The molecular formula is C42H37AlN2O3. The first-order valence-electron chi connectivity index (χ1n) is 16.9. The molecule has 0 radical (unpaired) electrons. The first kappa shape index (κ1) is 30.4. The van der Waals surface area contributed by atoms with E-state index in [1.807, 2.05) is 68.4 Å². The highest BCUT2D eigenvalue weighted by Crippen LogP contribution is 2.37. The van der Waals surface area contributed by atoms with E-state index in [-0.39, 0.29) is 0 Å². The molecule has 5 aromatic carbocycles. The molecule has 0 spiro atoms. The van der Waals surface area contributed by atoms with E-state index in [1.54, 1.807) is 0 Å². The van der Waals surface area contributed by atoms with Gasteiger partial charge < -0.3 is 11.4 Å². The quantitative estimate of drug-likeness (QED) is 0.154.